The van der Waals surface area contributed by atoms with Gasteiger partial charge in [0, 0.05) is 25.2 Å². The second kappa shape index (κ2) is 7.28. The minimum atomic E-state index is -0.512. The first-order valence-corrected chi connectivity index (χ1v) is 6.32. The molecule has 0 aromatic heterocycles. The second-order valence-corrected chi connectivity index (χ2v) is 4.03. The summed E-state index contributed by atoms with van der Waals surface area (Å²) < 4.78 is 4.92. The Kier molecular flexibility index (Phi) is 5.71. The van der Waals surface area contributed by atoms with Crippen molar-refractivity contribution in [3.63, 3.8) is 0 Å². The van der Waals surface area contributed by atoms with Crippen LogP contribution in [-0.4, -0.2) is 35.9 Å². The molecule has 6 heteroatoms. The summed E-state index contributed by atoms with van der Waals surface area (Å²) in [7, 11) is 1.38. The molecule has 0 unspecified atom stereocenters. The highest BCUT2D eigenvalue weighted by Crippen LogP contribution is 2.27. The molecule has 20 heavy (non-hydrogen) atoms. The van der Waals surface area contributed by atoms with E-state index in [-0.39, 0.29) is 17.3 Å². The topological polar surface area (TPSA) is 72.7 Å². The number of carbonyl (C=O) groups is 1. The van der Waals surface area contributed by atoms with E-state index in [0.717, 1.165) is 0 Å². The van der Waals surface area contributed by atoms with Gasteiger partial charge in [-0.15, -0.1) is 0 Å². The number of nitro benzene ring substituents is 1. The second-order valence-electron chi connectivity index (χ2n) is 4.03. The molecular weight excluding hydrogens is 260 g/mol. The van der Waals surface area contributed by atoms with Crippen LogP contribution in [0.3, 0.4) is 0 Å². The lowest BCUT2D eigenvalue weighted by molar-refractivity contribution is -0.385. The summed E-state index contributed by atoms with van der Waals surface area (Å²) >= 11 is 0. The molecule has 0 aliphatic carbocycles. The summed E-state index contributed by atoms with van der Waals surface area (Å²) in [6.07, 6.45) is 2.98. The fourth-order valence-corrected chi connectivity index (χ4v) is 1.76. The molecule has 1 amide bonds. The predicted octanol–water partition coefficient (Wildman–Crippen LogP) is 2.49. The SMILES string of the molecule is CCN(CC)C(=O)/C=C/c1ccc(OC)c([N+](=O)[O-])c1. The van der Waals surface area contributed by atoms with Gasteiger partial charge in [-0.1, -0.05) is 6.07 Å². The third-order valence-electron chi connectivity index (χ3n) is 2.89. The maximum Gasteiger partial charge on any atom is 0.311 e. The number of methoxy groups -OCH3 is 1. The van der Waals surface area contributed by atoms with Crippen molar-refractivity contribution in [1.82, 2.24) is 4.90 Å². The molecule has 0 radical (unpaired) electrons. The third-order valence-corrected chi connectivity index (χ3v) is 2.89. The number of ether oxygens (including phenoxy) is 1. The van der Waals surface area contributed by atoms with E-state index < -0.39 is 4.92 Å². The summed E-state index contributed by atoms with van der Waals surface area (Å²) in [6.45, 7) is 5.05. The van der Waals surface area contributed by atoms with E-state index in [9.17, 15) is 14.9 Å². The van der Waals surface area contributed by atoms with Gasteiger partial charge in [-0.25, -0.2) is 0 Å². The quantitative estimate of drug-likeness (QED) is 0.455. The van der Waals surface area contributed by atoms with Crippen molar-refractivity contribution in [2.24, 2.45) is 0 Å². The van der Waals surface area contributed by atoms with Gasteiger partial charge in [0.15, 0.2) is 5.75 Å². The van der Waals surface area contributed by atoms with Gasteiger partial charge in [0.25, 0.3) is 0 Å². The molecule has 0 saturated carbocycles. The average Bonchev–Trinajstić information content (AvgIpc) is 2.46. The van der Waals surface area contributed by atoms with Gasteiger partial charge < -0.3 is 9.64 Å². The highest BCUT2D eigenvalue weighted by molar-refractivity contribution is 5.91. The van der Waals surface area contributed by atoms with E-state index in [4.69, 9.17) is 4.74 Å². The van der Waals surface area contributed by atoms with Crippen molar-refractivity contribution >= 4 is 17.7 Å². The van der Waals surface area contributed by atoms with Crippen LogP contribution in [0.15, 0.2) is 24.3 Å². The molecule has 1 rings (SSSR count). The molecule has 0 saturated heterocycles. The molecule has 1 aromatic carbocycles. The molecule has 108 valence electrons. The van der Waals surface area contributed by atoms with Crippen LogP contribution in [0.2, 0.25) is 0 Å². The number of benzene rings is 1. The van der Waals surface area contributed by atoms with Crippen molar-refractivity contribution in [1.29, 1.82) is 0 Å². The lowest BCUT2D eigenvalue weighted by atomic mass is 10.1. The Bertz CT molecular complexity index is 522. The van der Waals surface area contributed by atoms with Crippen LogP contribution in [-0.2, 0) is 4.79 Å². The molecule has 0 bridgehead atoms. The number of nitro groups is 1. The Labute approximate surface area is 117 Å². The Morgan fingerprint density at radius 2 is 2.05 bits per heavy atom. The molecule has 0 heterocycles. The van der Waals surface area contributed by atoms with E-state index >= 15 is 0 Å². The Balaban J connectivity index is 2.96. The number of hydrogen-bond acceptors (Lipinski definition) is 4. The zero-order valence-corrected chi connectivity index (χ0v) is 11.8. The standard InChI is InChI=1S/C14H18N2O4/c1-4-15(5-2)14(17)9-7-11-6-8-13(20-3)12(10-11)16(18)19/h6-10H,4-5H2,1-3H3/b9-7+. The Hall–Kier alpha value is -2.37. The predicted molar refractivity (Wildman–Crippen MR) is 76.6 cm³/mol. The largest absolute Gasteiger partial charge is 0.490 e. The average molecular weight is 278 g/mol. The van der Waals surface area contributed by atoms with Crippen molar-refractivity contribution in [2.45, 2.75) is 13.8 Å². The third kappa shape index (κ3) is 3.81. The minimum Gasteiger partial charge on any atom is -0.490 e. The highest BCUT2D eigenvalue weighted by atomic mass is 16.6. The van der Waals surface area contributed by atoms with E-state index in [0.29, 0.717) is 18.7 Å². The zero-order valence-electron chi connectivity index (χ0n) is 11.8. The summed E-state index contributed by atoms with van der Waals surface area (Å²) in [5.74, 6) is 0.0793. The minimum absolute atomic E-state index is 0.117. The summed E-state index contributed by atoms with van der Waals surface area (Å²) in [6, 6.07) is 4.56. The van der Waals surface area contributed by atoms with Crippen LogP contribution in [0.5, 0.6) is 5.75 Å². The van der Waals surface area contributed by atoms with E-state index in [2.05, 4.69) is 0 Å². The molecule has 0 fully saturated rings. The van der Waals surface area contributed by atoms with E-state index in [1.165, 1.54) is 25.3 Å². The van der Waals surface area contributed by atoms with Crippen LogP contribution >= 0.6 is 0 Å². The van der Waals surface area contributed by atoms with Crippen LogP contribution in [0.25, 0.3) is 6.08 Å². The smallest absolute Gasteiger partial charge is 0.311 e. The van der Waals surface area contributed by atoms with Crippen molar-refractivity contribution in [2.75, 3.05) is 20.2 Å². The number of amides is 1. The van der Waals surface area contributed by atoms with Gasteiger partial charge in [-0.05, 0) is 31.6 Å². The Morgan fingerprint density at radius 3 is 2.55 bits per heavy atom. The van der Waals surface area contributed by atoms with Gasteiger partial charge in [-0.2, -0.15) is 0 Å². The molecule has 0 atom stereocenters. The first-order chi connectivity index (χ1) is 9.53. The normalized spacial score (nSPS) is 10.6. The van der Waals surface area contributed by atoms with E-state index in [1.807, 2.05) is 13.8 Å². The first-order valence-electron chi connectivity index (χ1n) is 6.32. The van der Waals surface area contributed by atoms with Gasteiger partial charge in [0.05, 0.1) is 12.0 Å². The zero-order chi connectivity index (χ0) is 15.1. The lowest BCUT2D eigenvalue weighted by Crippen LogP contribution is -2.28. The fraction of sp³-hybridized carbons (Fsp3) is 0.357. The van der Waals surface area contributed by atoms with Gasteiger partial charge in [-0.3, -0.25) is 14.9 Å². The Morgan fingerprint density at radius 1 is 1.40 bits per heavy atom. The van der Waals surface area contributed by atoms with Gasteiger partial charge >= 0.3 is 5.69 Å². The maximum atomic E-state index is 11.8. The summed E-state index contributed by atoms with van der Waals surface area (Å²) in [4.78, 5) is 23.8. The van der Waals surface area contributed by atoms with Crippen LogP contribution in [0.1, 0.15) is 19.4 Å². The molecule has 0 N–H and O–H groups in total. The first kappa shape index (κ1) is 15.7. The van der Waals surface area contributed by atoms with Crippen molar-refractivity contribution < 1.29 is 14.5 Å². The maximum absolute atomic E-state index is 11.8. The molecule has 0 spiro atoms. The van der Waals surface area contributed by atoms with Crippen molar-refractivity contribution in [3.05, 3.63) is 40.0 Å². The van der Waals surface area contributed by atoms with E-state index in [1.54, 1.807) is 17.0 Å². The van der Waals surface area contributed by atoms with Gasteiger partial charge in [0.2, 0.25) is 5.91 Å². The number of carbonyl (C=O) groups excluding carboxylic acids is 1. The number of hydrogen-bond donors (Lipinski definition) is 0. The molecule has 1 aromatic rings. The van der Waals surface area contributed by atoms with Crippen molar-refractivity contribution in [3.8, 4) is 5.75 Å². The highest BCUT2D eigenvalue weighted by Gasteiger charge is 2.14. The van der Waals surface area contributed by atoms with Gasteiger partial charge in [0.1, 0.15) is 0 Å². The van der Waals surface area contributed by atoms with Crippen LogP contribution < -0.4 is 4.74 Å². The van der Waals surface area contributed by atoms with Crippen LogP contribution in [0, 0.1) is 10.1 Å². The van der Waals surface area contributed by atoms with Crippen LogP contribution in [0.4, 0.5) is 5.69 Å². The summed E-state index contributed by atoms with van der Waals surface area (Å²) in [5.41, 5.74) is 0.461. The number of likely N-dealkylation sites (N-methyl/N-ethyl adjacent to an activating group) is 1. The molecule has 0 aliphatic heterocycles. The monoisotopic (exact) mass is 278 g/mol. The molecule has 6 nitrogen and oxygen atoms in total. The molecule has 0 aliphatic rings. The molecular formula is C14H18N2O4. The lowest BCUT2D eigenvalue weighted by Gasteiger charge is -2.15. The number of nitrogens with zero attached hydrogens (tertiary/aromatic N) is 2. The number of rotatable bonds is 6. The summed E-state index contributed by atoms with van der Waals surface area (Å²) in [5, 5.41) is 10.9. The fourth-order valence-electron chi connectivity index (χ4n) is 1.76.